The number of nitrogens with one attached hydrogen (secondary N) is 1. The predicted octanol–water partition coefficient (Wildman–Crippen LogP) is 3.99. The Hall–Kier alpha value is -1.53. The fraction of sp³-hybridized carbons (Fsp3) is 0.167. The Labute approximate surface area is 113 Å². The van der Waals surface area contributed by atoms with Gasteiger partial charge in [-0.15, -0.1) is 11.8 Å². The predicted molar refractivity (Wildman–Crippen MR) is 76.5 cm³/mol. The lowest BCUT2D eigenvalue weighted by Gasteiger charge is -2.05. The molecule has 1 aromatic heterocycles. The average molecular weight is 280 g/mol. The van der Waals surface area contributed by atoms with Gasteiger partial charge in [-0.2, -0.15) is 0 Å². The molecule has 1 aromatic carbocycles. The maximum absolute atomic E-state index is 10.6. The third-order valence-corrected chi connectivity index (χ3v) is 4.13. The molecule has 0 saturated carbocycles. The molecule has 6 heteroatoms. The van der Waals surface area contributed by atoms with Crippen molar-refractivity contribution >= 4 is 33.8 Å². The second kappa shape index (κ2) is 5.88. The highest BCUT2D eigenvalue weighted by Crippen LogP contribution is 2.25. The molecule has 18 heavy (non-hydrogen) atoms. The van der Waals surface area contributed by atoms with Crippen LogP contribution < -0.4 is 5.32 Å². The fourth-order valence-corrected chi connectivity index (χ4v) is 2.70. The summed E-state index contributed by atoms with van der Waals surface area (Å²) in [6, 6.07) is 11.4. The van der Waals surface area contributed by atoms with E-state index in [1.807, 2.05) is 24.5 Å². The lowest BCUT2D eigenvalue weighted by atomic mass is 10.3. The third-order valence-electron chi connectivity index (χ3n) is 2.36. The minimum atomic E-state index is -0.359. The van der Waals surface area contributed by atoms with E-state index < -0.39 is 0 Å². The van der Waals surface area contributed by atoms with Crippen LogP contribution in [0.4, 0.5) is 10.7 Å². The Balaban J connectivity index is 1.99. The molecule has 2 aromatic rings. The van der Waals surface area contributed by atoms with Crippen molar-refractivity contribution in [2.45, 2.75) is 11.4 Å². The highest BCUT2D eigenvalue weighted by Gasteiger charge is 2.09. The standard InChI is InChI=1S/C12H12N2O2S2/c1-17-10-4-2-3-9(7-10)13-8-11-5-6-12(18-11)14(15)16/h2-7,13H,8H2,1H3. The number of thiophene rings is 1. The van der Waals surface area contributed by atoms with E-state index in [2.05, 4.69) is 11.4 Å². The minimum Gasteiger partial charge on any atom is -0.380 e. The maximum Gasteiger partial charge on any atom is 0.324 e. The van der Waals surface area contributed by atoms with Crippen LogP contribution in [0.5, 0.6) is 0 Å². The molecular weight excluding hydrogens is 268 g/mol. The SMILES string of the molecule is CSc1cccc(NCc2ccc([N+](=O)[O-])s2)c1. The molecule has 0 fully saturated rings. The topological polar surface area (TPSA) is 55.2 Å². The maximum atomic E-state index is 10.6. The Bertz CT molecular complexity index is 555. The van der Waals surface area contributed by atoms with Crippen LogP contribution in [0, 0.1) is 10.1 Å². The smallest absolute Gasteiger partial charge is 0.324 e. The van der Waals surface area contributed by atoms with Crippen molar-refractivity contribution < 1.29 is 4.92 Å². The van der Waals surface area contributed by atoms with Crippen molar-refractivity contribution in [2.75, 3.05) is 11.6 Å². The van der Waals surface area contributed by atoms with E-state index in [-0.39, 0.29) is 9.92 Å². The number of hydrogen-bond donors (Lipinski definition) is 1. The average Bonchev–Trinajstić information content (AvgIpc) is 2.85. The van der Waals surface area contributed by atoms with Gasteiger partial charge in [-0.1, -0.05) is 17.4 Å². The number of nitro groups is 1. The van der Waals surface area contributed by atoms with Crippen molar-refractivity contribution in [1.82, 2.24) is 0 Å². The van der Waals surface area contributed by atoms with Gasteiger partial charge in [-0.05, 0) is 30.5 Å². The van der Waals surface area contributed by atoms with E-state index in [0.29, 0.717) is 6.54 Å². The molecule has 0 spiro atoms. The van der Waals surface area contributed by atoms with Gasteiger partial charge in [0.25, 0.3) is 0 Å². The van der Waals surface area contributed by atoms with Crippen LogP contribution in [0.15, 0.2) is 41.3 Å². The van der Waals surface area contributed by atoms with E-state index in [0.717, 1.165) is 10.6 Å². The van der Waals surface area contributed by atoms with Gasteiger partial charge in [0.1, 0.15) is 0 Å². The van der Waals surface area contributed by atoms with Crippen LogP contribution in [-0.2, 0) is 6.54 Å². The van der Waals surface area contributed by atoms with Gasteiger partial charge in [0.15, 0.2) is 0 Å². The number of rotatable bonds is 5. The minimum absolute atomic E-state index is 0.185. The summed E-state index contributed by atoms with van der Waals surface area (Å²) in [6.07, 6.45) is 2.03. The second-order valence-corrected chi connectivity index (χ2v) is 5.61. The zero-order chi connectivity index (χ0) is 13.0. The van der Waals surface area contributed by atoms with Gasteiger partial charge in [0.2, 0.25) is 0 Å². The molecule has 0 aliphatic carbocycles. The van der Waals surface area contributed by atoms with Crippen LogP contribution in [0.3, 0.4) is 0 Å². The van der Waals surface area contributed by atoms with E-state index in [9.17, 15) is 10.1 Å². The second-order valence-electron chi connectivity index (χ2n) is 3.58. The van der Waals surface area contributed by atoms with Crippen molar-refractivity contribution in [1.29, 1.82) is 0 Å². The van der Waals surface area contributed by atoms with Gasteiger partial charge in [-0.25, -0.2) is 0 Å². The molecule has 94 valence electrons. The zero-order valence-corrected chi connectivity index (χ0v) is 11.4. The van der Waals surface area contributed by atoms with Gasteiger partial charge < -0.3 is 5.32 Å². The van der Waals surface area contributed by atoms with Gasteiger partial charge in [0.05, 0.1) is 4.92 Å². The summed E-state index contributed by atoms with van der Waals surface area (Å²) >= 11 is 2.89. The summed E-state index contributed by atoms with van der Waals surface area (Å²) in [5, 5.41) is 14.0. The van der Waals surface area contributed by atoms with Crippen LogP contribution in [0.25, 0.3) is 0 Å². The number of benzene rings is 1. The molecule has 1 heterocycles. The molecule has 0 saturated heterocycles. The monoisotopic (exact) mass is 280 g/mol. The zero-order valence-electron chi connectivity index (χ0n) is 9.75. The molecule has 2 rings (SSSR count). The molecule has 0 atom stereocenters. The van der Waals surface area contributed by atoms with E-state index in [1.165, 1.54) is 16.2 Å². The molecule has 0 aliphatic rings. The van der Waals surface area contributed by atoms with Crippen LogP contribution in [-0.4, -0.2) is 11.2 Å². The number of hydrogen-bond acceptors (Lipinski definition) is 5. The van der Waals surface area contributed by atoms with Crippen molar-refractivity contribution in [3.05, 3.63) is 51.4 Å². The fourth-order valence-electron chi connectivity index (χ4n) is 1.48. The van der Waals surface area contributed by atoms with Crippen molar-refractivity contribution in [2.24, 2.45) is 0 Å². The summed E-state index contributed by atoms with van der Waals surface area (Å²) in [5.41, 5.74) is 1.03. The number of thioether (sulfide) groups is 1. The van der Waals surface area contributed by atoms with Gasteiger partial charge in [0, 0.05) is 28.1 Å². The normalized spacial score (nSPS) is 10.3. The highest BCUT2D eigenvalue weighted by molar-refractivity contribution is 7.98. The largest absolute Gasteiger partial charge is 0.380 e. The summed E-state index contributed by atoms with van der Waals surface area (Å²) in [5.74, 6) is 0. The highest BCUT2D eigenvalue weighted by atomic mass is 32.2. The first-order valence-corrected chi connectivity index (χ1v) is 7.34. The molecule has 0 bridgehead atoms. The lowest BCUT2D eigenvalue weighted by Crippen LogP contribution is -1.96. The molecule has 0 aliphatic heterocycles. The Kier molecular flexibility index (Phi) is 4.22. The van der Waals surface area contributed by atoms with Crippen LogP contribution in [0.2, 0.25) is 0 Å². The van der Waals surface area contributed by atoms with Gasteiger partial charge in [-0.3, -0.25) is 10.1 Å². The molecule has 1 N–H and O–H groups in total. The summed E-state index contributed by atoms with van der Waals surface area (Å²) in [4.78, 5) is 12.4. The van der Waals surface area contributed by atoms with E-state index in [4.69, 9.17) is 0 Å². The van der Waals surface area contributed by atoms with Crippen molar-refractivity contribution in [3.8, 4) is 0 Å². The third kappa shape index (κ3) is 3.24. The Morgan fingerprint density at radius 3 is 2.89 bits per heavy atom. The molecule has 0 amide bonds. The van der Waals surface area contributed by atoms with E-state index >= 15 is 0 Å². The Morgan fingerprint density at radius 2 is 2.22 bits per heavy atom. The molecule has 4 nitrogen and oxygen atoms in total. The molecule has 0 radical (unpaired) electrons. The number of anilines is 1. The molecular formula is C12H12N2O2S2. The van der Waals surface area contributed by atoms with Crippen LogP contribution >= 0.6 is 23.1 Å². The summed E-state index contributed by atoms with van der Waals surface area (Å²) < 4.78 is 0. The summed E-state index contributed by atoms with van der Waals surface area (Å²) in [6.45, 7) is 0.607. The first kappa shape index (κ1) is 12.9. The quantitative estimate of drug-likeness (QED) is 0.511. The summed E-state index contributed by atoms with van der Waals surface area (Å²) in [7, 11) is 0. The lowest BCUT2D eigenvalue weighted by molar-refractivity contribution is -0.380. The van der Waals surface area contributed by atoms with Gasteiger partial charge >= 0.3 is 5.00 Å². The van der Waals surface area contributed by atoms with Crippen LogP contribution in [0.1, 0.15) is 4.88 Å². The number of nitrogens with zero attached hydrogens (tertiary/aromatic N) is 1. The van der Waals surface area contributed by atoms with E-state index in [1.54, 1.807) is 23.9 Å². The Morgan fingerprint density at radius 1 is 1.39 bits per heavy atom. The van der Waals surface area contributed by atoms with Crippen molar-refractivity contribution in [3.63, 3.8) is 0 Å². The molecule has 0 unspecified atom stereocenters. The first-order valence-electron chi connectivity index (χ1n) is 5.30. The first-order chi connectivity index (χ1) is 8.69.